The summed E-state index contributed by atoms with van der Waals surface area (Å²) < 4.78 is 82.4. The van der Waals surface area contributed by atoms with Gasteiger partial charge in [-0.25, -0.2) is 30.7 Å². The number of sulfonamides is 1. The van der Waals surface area contributed by atoms with Crippen LogP contribution in [0.1, 0.15) is 36.0 Å². The summed E-state index contributed by atoms with van der Waals surface area (Å²) in [5.41, 5.74) is 7.93. The van der Waals surface area contributed by atoms with E-state index in [1.54, 1.807) is 36.4 Å². The van der Waals surface area contributed by atoms with Gasteiger partial charge in [-0.3, -0.25) is 0 Å². The van der Waals surface area contributed by atoms with Gasteiger partial charge in [-0.1, -0.05) is 53.1 Å². The van der Waals surface area contributed by atoms with Crippen LogP contribution < -0.4 is 11.0 Å². The lowest BCUT2D eigenvalue weighted by Gasteiger charge is -2.25. The first-order valence-corrected chi connectivity index (χ1v) is 17.1. The Morgan fingerprint density at radius 3 is 1.51 bits per heavy atom. The predicted molar refractivity (Wildman–Crippen MR) is 149 cm³/mol. The molecule has 2 atom stereocenters. The number of aryl methyl sites for hydroxylation is 3. The van der Waals surface area contributed by atoms with Crippen LogP contribution in [-0.4, -0.2) is 46.8 Å². The highest BCUT2D eigenvalue weighted by Gasteiger charge is 2.36. The molecular formula is C27H33N3O6S3. The van der Waals surface area contributed by atoms with Gasteiger partial charge in [0.2, 0.25) is 0 Å². The van der Waals surface area contributed by atoms with Gasteiger partial charge in [0.25, 0.3) is 10.0 Å². The third-order valence-electron chi connectivity index (χ3n) is 6.88. The first-order valence-electron chi connectivity index (χ1n) is 12.5. The van der Waals surface area contributed by atoms with Gasteiger partial charge in [-0.15, -0.1) is 4.41 Å². The molecule has 0 aromatic heterocycles. The van der Waals surface area contributed by atoms with E-state index in [9.17, 15) is 25.3 Å². The normalized spacial score (nSPS) is 20.1. The summed E-state index contributed by atoms with van der Waals surface area (Å²) in [6.45, 7) is 5.32. The number of sulfone groups is 2. The van der Waals surface area contributed by atoms with Gasteiger partial charge in [0.05, 0.1) is 19.9 Å². The van der Waals surface area contributed by atoms with Crippen LogP contribution in [0.4, 0.5) is 0 Å². The van der Waals surface area contributed by atoms with E-state index in [0.29, 0.717) is 0 Å². The smallest absolute Gasteiger partial charge is 0.224 e. The van der Waals surface area contributed by atoms with Gasteiger partial charge in [0.1, 0.15) is 5.37 Å². The van der Waals surface area contributed by atoms with Gasteiger partial charge in [-0.2, -0.15) is 5.53 Å². The third kappa shape index (κ3) is 6.42. The Morgan fingerprint density at radius 2 is 1.03 bits per heavy atom. The van der Waals surface area contributed by atoms with E-state index in [1.807, 2.05) is 20.8 Å². The number of hydrazine groups is 2. The van der Waals surface area contributed by atoms with Crippen LogP contribution in [0.2, 0.25) is 0 Å². The van der Waals surface area contributed by atoms with Gasteiger partial charge in [-0.05, 0) is 76.4 Å². The fourth-order valence-corrected chi connectivity index (χ4v) is 8.90. The molecule has 12 heteroatoms. The van der Waals surface area contributed by atoms with Crippen molar-refractivity contribution in [1.29, 1.82) is 0 Å². The van der Waals surface area contributed by atoms with Gasteiger partial charge < -0.3 is 0 Å². The first kappa shape index (κ1) is 29.4. The second-order valence-corrected chi connectivity index (χ2v) is 16.1. The van der Waals surface area contributed by atoms with E-state index in [4.69, 9.17) is 0 Å². The number of hydrogen-bond donors (Lipinski definition) is 2. The van der Waals surface area contributed by atoms with Crippen molar-refractivity contribution in [3.05, 3.63) is 89.5 Å². The molecule has 0 amide bonds. The summed E-state index contributed by atoms with van der Waals surface area (Å²) in [6, 6.07) is 19.0. The third-order valence-corrected chi connectivity index (χ3v) is 12.9. The summed E-state index contributed by atoms with van der Waals surface area (Å²) in [6.07, 6.45) is -0.0796. The highest BCUT2D eigenvalue weighted by Crippen LogP contribution is 2.28. The maximum Gasteiger partial charge on any atom is 0.256 e. The molecule has 1 fully saturated rings. The molecule has 4 rings (SSSR count). The van der Waals surface area contributed by atoms with Crippen molar-refractivity contribution in [2.24, 2.45) is 0 Å². The predicted octanol–water partition coefficient (Wildman–Crippen LogP) is 3.44. The molecule has 9 nitrogen and oxygen atoms in total. The van der Waals surface area contributed by atoms with Gasteiger partial charge in [0, 0.05) is 6.54 Å². The zero-order chi connectivity index (χ0) is 28.4. The maximum atomic E-state index is 13.6. The summed E-state index contributed by atoms with van der Waals surface area (Å²) in [4.78, 5) is 0.166. The molecule has 1 saturated heterocycles. The van der Waals surface area contributed by atoms with Gasteiger partial charge >= 0.3 is 0 Å². The quantitative estimate of drug-likeness (QED) is 0.446. The summed E-state index contributed by atoms with van der Waals surface area (Å²) >= 11 is 0. The Labute approximate surface area is 231 Å². The van der Waals surface area contributed by atoms with E-state index in [2.05, 4.69) is 11.0 Å². The van der Waals surface area contributed by atoms with Crippen molar-refractivity contribution < 1.29 is 25.3 Å². The molecule has 39 heavy (non-hydrogen) atoms. The van der Waals surface area contributed by atoms with Crippen LogP contribution in [-0.2, 0) is 29.7 Å². The van der Waals surface area contributed by atoms with E-state index in [1.165, 1.54) is 36.4 Å². The molecule has 0 aliphatic carbocycles. The lowest BCUT2D eigenvalue weighted by Crippen LogP contribution is -2.55. The monoisotopic (exact) mass is 591 g/mol. The van der Waals surface area contributed by atoms with Crippen molar-refractivity contribution in [3.8, 4) is 0 Å². The van der Waals surface area contributed by atoms with E-state index in [0.717, 1.165) is 21.1 Å². The molecule has 0 saturated carbocycles. The fourth-order valence-electron chi connectivity index (χ4n) is 4.39. The van der Waals surface area contributed by atoms with E-state index < -0.39 is 40.3 Å². The zero-order valence-electron chi connectivity index (χ0n) is 22.0. The number of rotatable bonds is 6. The summed E-state index contributed by atoms with van der Waals surface area (Å²) in [5.74, 6) is 0. The topological polar surface area (TPSA) is 130 Å². The van der Waals surface area contributed by atoms with Crippen molar-refractivity contribution in [2.75, 3.05) is 6.54 Å². The fraction of sp³-hybridized carbons (Fsp3) is 0.333. The average molecular weight is 592 g/mol. The molecule has 1 aliphatic heterocycles. The first-order chi connectivity index (χ1) is 18.3. The highest BCUT2D eigenvalue weighted by molar-refractivity contribution is 7.92. The molecular weight excluding hydrogens is 559 g/mol. The molecule has 2 unspecified atom stereocenters. The summed E-state index contributed by atoms with van der Waals surface area (Å²) in [7, 11) is -12.0. The number of nitrogens with zero attached hydrogens (tertiary/aromatic N) is 1. The van der Waals surface area contributed by atoms with Crippen molar-refractivity contribution in [1.82, 2.24) is 15.4 Å². The van der Waals surface area contributed by atoms with Crippen LogP contribution in [0.25, 0.3) is 0 Å². The summed E-state index contributed by atoms with van der Waals surface area (Å²) in [5, 5.41) is -2.29. The van der Waals surface area contributed by atoms with Crippen molar-refractivity contribution in [2.45, 2.75) is 65.3 Å². The number of benzene rings is 3. The standard InChI is InChI=1S/C27H33N3O6S3/c1-20-4-10-23(11-5-20)37(31,32)25-16-17-27(38(33,34)24-12-6-21(2)7-13-24)28-29-30(19-18-25)39(35,36)26-14-8-22(3)9-15-26/h4-15,25,27-29H,16-19H2,1-3H3. The van der Waals surface area contributed by atoms with Gasteiger partial charge in [0.15, 0.2) is 19.7 Å². The highest BCUT2D eigenvalue weighted by atomic mass is 32.2. The number of nitrogens with one attached hydrogen (secondary N) is 2. The van der Waals surface area contributed by atoms with Crippen molar-refractivity contribution >= 4 is 29.7 Å². The van der Waals surface area contributed by atoms with Crippen LogP contribution >= 0.6 is 0 Å². The minimum Gasteiger partial charge on any atom is -0.224 e. The Kier molecular flexibility index (Phi) is 8.64. The zero-order valence-corrected chi connectivity index (χ0v) is 24.5. The molecule has 3 aromatic rings. The molecule has 210 valence electrons. The number of hydrogen-bond acceptors (Lipinski definition) is 8. The lowest BCUT2D eigenvalue weighted by molar-refractivity contribution is 0.261. The minimum absolute atomic E-state index is 0.00229. The molecule has 0 bridgehead atoms. The second-order valence-electron chi connectivity index (χ2n) is 9.84. The van der Waals surface area contributed by atoms with Crippen LogP contribution in [0.3, 0.4) is 0 Å². The lowest BCUT2D eigenvalue weighted by atomic mass is 10.2. The molecule has 0 radical (unpaired) electrons. The molecule has 0 spiro atoms. The largest absolute Gasteiger partial charge is 0.256 e. The second kappa shape index (κ2) is 11.5. The Balaban J connectivity index is 1.73. The molecule has 1 aliphatic rings. The Hall–Kier alpha value is -2.61. The van der Waals surface area contributed by atoms with E-state index in [-0.39, 0.29) is 40.5 Å². The SMILES string of the molecule is Cc1ccc(S(=O)(=O)C2CCC(S(=O)(=O)c3ccc(C)cc3)NNN(S(=O)(=O)c3ccc(C)cc3)CC2)cc1. The molecule has 1 heterocycles. The Morgan fingerprint density at radius 1 is 0.590 bits per heavy atom. The van der Waals surface area contributed by atoms with Crippen LogP contribution in [0, 0.1) is 20.8 Å². The molecule has 2 N–H and O–H groups in total. The molecule has 3 aromatic carbocycles. The van der Waals surface area contributed by atoms with Crippen molar-refractivity contribution in [3.63, 3.8) is 0 Å². The maximum absolute atomic E-state index is 13.6. The Bertz CT molecular complexity index is 1410. The van der Waals surface area contributed by atoms with Crippen LogP contribution in [0.5, 0.6) is 0 Å². The minimum atomic E-state index is -4.14. The van der Waals surface area contributed by atoms with E-state index >= 15 is 0 Å². The average Bonchev–Trinajstić information content (AvgIpc) is 3.01. The van der Waals surface area contributed by atoms with Crippen LogP contribution in [0.15, 0.2) is 87.5 Å².